The molecule has 0 saturated carbocycles. The molecule has 0 aliphatic carbocycles. The molecule has 2 unspecified atom stereocenters. The predicted octanol–water partition coefficient (Wildman–Crippen LogP) is 0.0692. The van der Waals surface area contributed by atoms with Crippen LogP contribution in [-0.4, -0.2) is 62.0 Å². The standard InChI is InChI=1S/C12H24N2O2/c1-11(15)3-5-14(8-11)9-12(7-13-2)4-6-16-10-12/h13,15H,3-10H2,1-2H3. The lowest BCUT2D eigenvalue weighted by molar-refractivity contribution is 0.0577. The maximum absolute atomic E-state index is 9.96. The molecular formula is C12H24N2O2. The summed E-state index contributed by atoms with van der Waals surface area (Å²) in [6, 6.07) is 0. The molecule has 94 valence electrons. The van der Waals surface area contributed by atoms with Gasteiger partial charge in [-0.05, 0) is 26.8 Å². The van der Waals surface area contributed by atoms with Gasteiger partial charge in [0, 0.05) is 38.2 Å². The molecule has 2 rings (SSSR count). The highest BCUT2D eigenvalue weighted by atomic mass is 16.5. The smallest absolute Gasteiger partial charge is 0.0758 e. The van der Waals surface area contributed by atoms with Gasteiger partial charge >= 0.3 is 0 Å². The largest absolute Gasteiger partial charge is 0.389 e. The Balaban J connectivity index is 1.91. The van der Waals surface area contributed by atoms with Gasteiger partial charge in [-0.15, -0.1) is 0 Å². The van der Waals surface area contributed by atoms with Gasteiger partial charge in [-0.2, -0.15) is 0 Å². The first kappa shape index (κ1) is 12.3. The van der Waals surface area contributed by atoms with Crippen molar-refractivity contribution in [3.63, 3.8) is 0 Å². The number of hydrogen-bond donors (Lipinski definition) is 2. The number of rotatable bonds is 4. The van der Waals surface area contributed by atoms with E-state index in [1.54, 1.807) is 0 Å². The van der Waals surface area contributed by atoms with E-state index in [1.807, 2.05) is 14.0 Å². The predicted molar refractivity (Wildman–Crippen MR) is 63.5 cm³/mol. The molecule has 0 radical (unpaired) electrons. The van der Waals surface area contributed by atoms with Crippen molar-refractivity contribution in [1.29, 1.82) is 0 Å². The van der Waals surface area contributed by atoms with Crippen LogP contribution in [0.4, 0.5) is 0 Å². The lowest BCUT2D eigenvalue weighted by Crippen LogP contribution is -2.44. The summed E-state index contributed by atoms with van der Waals surface area (Å²) in [6.45, 7) is 7.54. The lowest BCUT2D eigenvalue weighted by atomic mass is 9.86. The van der Waals surface area contributed by atoms with Crippen LogP contribution in [-0.2, 0) is 4.74 Å². The van der Waals surface area contributed by atoms with Crippen molar-refractivity contribution in [1.82, 2.24) is 10.2 Å². The van der Waals surface area contributed by atoms with Crippen LogP contribution in [0.25, 0.3) is 0 Å². The van der Waals surface area contributed by atoms with Crippen LogP contribution in [0.3, 0.4) is 0 Å². The second-order valence-corrected chi connectivity index (χ2v) is 5.79. The summed E-state index contributed by atoms with van der Waals surface area (Å²) in [6.07, 6.45) is 2.02. The molecule has 2 aliphatic rings. The maximum atomic E-state index is 9.96. The monoisotopic (exact) mass is 228 g/mol. The Morgan fingerprint density at radius 1 is 1.44 bits per heavy atom. The molecule has 0 amide bonds. The molecule has 16 heavy (non-hydrogen) atoms. The van der Waals surface area contributed by atoms with Crippen LogP contribution in [0.2, 0.25) is 0 Å². The normalized spacial score (nSPS) is 40.7. The van der Waals surface area contributed by atoms with E-state index in [9.17, 15) is 5.11 Å². The summed E-state index contributed by atoms with van der Waals surface area (Å²) in [5, 5.41) is 13.2. The van der Waals surface area contributed by atoms with E-state index in [0.717, 1.165) is 52.2 Å². The highest BCUT2D eigenvalue weighted by Gasteiger charge is 2.40. The summed E-state index contributed by atoms with van der Waals surface area (Å²) >= 11 is 0. The Kier molecular flexibility index (Phi) is 3.54. The number of ether oxygens (including phenoxy) is 1. The van der Waals surface area contributed by atoms with Crippen molar-refractivity contribution in [2.45, 2.75) is 25.4 Å². The molecule has 2 aliphatic heterocycles. The molecular weight excluding hydrogens is 204 g/mol. The van der Waals surface area contributed by atoms with Gasteiger partial charge in [-0.1, -0.05) is 0 Å². The van der Waals surface area contributed by atoms with Crippen molar-refractivity contribution in [2.75, 3.05) is 46.4 Å². The van der Waals surface area contributed by atoms with Gasteiger partial charge in [-0.3, -0.25) is 4.90 Å². The molecule has 0 aromatic carbocycles. The first-order valence-electron chi connectivity index (χ1n) is 6.22. The molecule has 2 heterocycles. The van der Waals surface area contributed by atoms with Crippen LogP contribution < -0.4 is 5.32 Å². The topological polar surface area (TPSA) is 44.7 Å². The van der Waals surface area contributed by atoms with Gasteiger partial charge in [0.25, 0.3) is 0 Å². The van der Waals surface area contributed by atoms with E-state index in [1.165, 1.54) is 0 Å². The minimum atomic E-state index is -0.486. The van der Waals surface area contributed by atoms with Gasteiger partial charge in [0.05, 0.1) is 12.2 Å². The fourth-order valence-corrected chi connectivity index (χ4v) is 2.99. The molecule has 2 N–H and O–H groups in total. The molecule has 4 nitrogen and oxygen atoms in total. The van der Waals surface area contributed by atoms with E-state index in [0.29, 0.717) is 0 Å². The average Bonchev–Trinajstić information content (AvgIpc) is 2.75. The molecule has 2 fully saturated rings. The zero-order chi connectivity index (χ0) is 11.6. The van der Waals surface area contributed by atoms with E-state index in [-0.39, 0.29) is 5.41 Å². The molecule has 0 spiro atoms. The summed E-state index contributed by atoms with van der Waals surface area (Å²) in [5.41, 5.74) is -0.227. The number of nitrogens with one attached hydrogen (secondary N) is 1. The average molecular weight is 228 g/mol. The van der Waals surface area contributed by atoms with Crippen molar-refractivity contribution < 1.29 is 9.84 Å². The van der Waals surface area contributed by atoms with E-state index in [2.05, 4.69) is 10.2 Å². The van der Waals surface area contributed by atoms with E-state index < -0.39 is 5.60 Å². The third kappa shape index (κ3) is 2.74. The highest BCUT2D eigenvalue weighted by Crippen LogP contribution is 2.31. The molecule has 0 aromatic rings. The first-order chi connectivity index (χ1) is 7.55. The Hall–Kier alpha value is -0.160. The minimum absolute atomic E-state index is 0.259. The Morgan fingerprint density at radius 2 is 2.25 bits per heavy atom. The third-order valence-corrected chi connectivity index (χ3v) is 3.83. The second kappa shape index (κ2) is 4.61. The van der Waals surface area contributed by atoms with Crippen molar-refractivity contribution in [3.8, 4) is 0 Å². The van der Waals surface area contributed by atoms with Gasteiger partial charge in [0.2, 0.25) is 0 Å². The van der Waals surface area contributed by atoms with Gasteiger partial charge < -0.3 is 15.2 Å². The summed E-state index contributed by atoms with van der Waals surface area (Å²) in [5.74, 6) is 0. The van der Waals surface area contributed by atoms with Crippen LogP contribution in [0, 0.1) is 5.41 Å². The van der Waals surface area contributed by atoms with E-state index in [4.69, 9.17) is 4.74 Å². The number of aliphatic hydroxyl groups is 1. The maximum Gasteiger partial charge on any atom is 0.0758 e. The van der Waals surface area contributed by atoms with E-state index >= 15 is 0 Å². The summed E-state index contributed by atoms with van der Waals surface area (Å²) in [4.78, 5) is 2.38. The number of β-amino-alcohol motifs (C(OH)–C–C–N with tert-alkyl or cyclic N) is 1. The molecule has 0 bridgehead atoms. The van der Waals surface area contributed by atoms with Gasteiger partial charge in [0.1, 0.15) is 0 Å². The van der Waals surface area contributed by atoms with Gasteiger partial charge in [-0.25, -0.2) is 0 Å². The van der Waals surface area contributed by atoms with Crippen molar-refractivity contribution in [2.24, 2.45) is 5.41 Å². The summed E-state index contributed by atoms with van der Waals surface area (Å²) < 4.78 is 5.55. The van der Waals surface area contributed by atoms with Crippen molar-refractivity contribution in [3.05, 3.63) is 0 Å². The molecule has 2 atom stereocenters. The van der Waals surface area contributed by atoms with Gasteiger partial charge in [0.15, 0.2) is 0 Å². The summed E-state index contributed by atoms with van der Waals surface area (Å²) in [7, 11) is 2.00. The third-order valence-electron chi connectivity index (χ3n) is 3.83. The van der Waals surface area contributed by atoms with Crippen LogP contribution in [0.1, 0.15) is 19.8 Å². The zero-order valence-electron chi connectivity index (χ0n) is 10.5. The van der Waals surface area contributed by atoms with Crippen LogP contribution in [0.5, 0.6) is 0 Å². The number of hydrogen-bond acceptors (Lipinski definition) is 4. The quantitative estimate of drug-likeness (QED) is 0.715. The van der Waals surface area contributed by atoms with Crippen LogP contribution >= 0.6 is 0 Å². The molecule has 0 aromatic heterocycles. The SMILES string of the molecule is CNCC1(CN2CCC(C)(O)C2)CCOC1. The highest BCUT2D eigenvalue weighted by molar-refractivity contribution is 4.93. The number of nitrogens with zero attached hydrogens (tertiary/aromatic N) is 1. The second-order valence-electron chi connectivity index (χ2n) is 5.79. The van der Waals surface area contributed by atoms with Crippen molar-refractivity contribution >= 4 is 0 Å². The fraction of sp³-hybridized carbons (Fsp3) is 1.00. The Bertz CT molecular complexity index is 237. The minimum Gasteiger partial charge on any atom is -0.389 e. The zero-order valence-corrected chi connectivity index (χ0v) is 10.5. The lowest BCUT2D eigenvalue weighted by Gasteiger charge is -2.32. The molecule has 2 saturated heterocycles. The Labute approximate surface area is 98.0 Å². The molecule has 4 heteroatoms. The Morgan fingerprint density at radius 3 is 2.75 bits per heavy atom. The first-order valence-corrected chi connectivity index (χ1v) is 6.22. The van der Waals surface area contributed by atoms with Crippen LogP contribution in [0.15, 0.2) is 0 Å². The number of likely N-dealkylation sites (tertiary alicyclic amines) is 1. The fourth-order valence-electron chi connectivity index (χ4n) is 2.99.